The van der Waals surface area contributed by atoms with Crippen LogP contribution in [0.5, 0.6) is 5.75 Å². The molecule has 2 aromatic carbocycles. The molecule has 1 fully saturated rings. The van der Waals surface area contributed by atoms with Gasteiger partial charge in [-0.25, -0.2) is 9.59 Å². The maximum Gasteiger partial charge on any atom is 0.408 e. The van der Waals surface area contributed by atoms with Crippen molar-refractivity contribution in [3.05, 3.63) is 65.7 Å². The quantitative estimate of drug-likeness (QED) is 0.0906. The van der Waals surface area contributed by atoms with Crippen molar-refractivity contribution < 1.29 is 48.5 Å². The van der Waals surface area contributed by atoms with Crippen molar-refractivity contribution in [2.24, 2.45) is 17.6 Å². The number of carbonyl (C=O) groups excluding carboxylic acids is 6. The van der Waals surface area contributed by atoms with E-state index in [4.69, 9.17) is 10.5 Å². The number of phenolic OH excluding ortho intramolecular Hbond substituents is 1. The van der Waals surface area contributed by atoms with Crippen molar-refractivity contribution in [1.82, 2.24) is 31.5 Å². The number of amides is 6. The molecule has 6 amide bonds. The van der Waals surface area contributed by atoms with E-state index >= 15 is 0 Å². The van der Waals surface area contributed by atoms with Crippen molar-refractivity contribution in [3.63, 3.8) is 0 Å². The van der Waals surface area contributed by atoms with Gasteiger partial charge >= 0.3 is 12.1 Å². The van der Waals surface area contributed by atoms with Gasteiger partial charge in [-0.3, -0.25) is 24.0 Å². The maximum atomic E-state index is 14.6. The number of nitrogens with zero attached hydrogens (tertiary/aromatic N) is 1. The molecular weight excluding hydrogens is 787 g/mol. The van der Waals surface area contributed by atoms with Gasteiger partial charge in [-0.15, -0.1) is 0 Å². The van der Waals surface area contributed by atoms with E-state index in [-0.39, 0.29) is 56.9 Å². The number of hydrogen-bond acceptors (Lipinski definition) is 10. The molecule has 0 saturated carbocycles. The van der Waals surface area contributed by atoms with Gasteiger partial charge in [-0.1, -0.05) is 70.2 Å². The van der Waals surface area contributed by atoms with Crippen molar-refractivity contribution in [2.75, 3.05) is 13.1 Å². The Morgan fingerprint density at radius 3 is 1.92 bits per heavy atom. The number of carboxylic acid groups (broad SMARTS) is 1. The number of nitrogens with two attached hydrogens (primary N) is 1. The fraction of sp³-hybridized carbons (Fsp3) is 0.568. The van der Waals surface area contributed by atoms with Crippen molar-refractivity contribution in [2.45, 2.75) is 135 Å². The highest BCUT2D eigenvalue weighted by atomic mass is 16.6. The topological polar surface area (TPSA) is 259 Å². The zero-order valence-electron chi connectivity index (χ0n) is 36.4. The Morgan fingerprint density at radius 2 is 1.34 bits per heavy atom. The summed E-state index contributed by atoms with van der Waals surface area (Å²) < 4.78 is 5.36. The van der Waals surface area contributed by atoms with Crippen LogP contribution in [0.15, 0.2) is 54.6 Å². The van der Waals surface area contributed by atoms with Crippen LogP contribution in [-0.4, -0.2) is 112 Å². The van der Waals surface area contributed by atoms with E-state index in [1.807, 2.05) is 19.9 Å². The molecule has 1 aliphatic rings. The molecule has 0 aliphatic carbocycles. The number of phenols is 1. The van der Waals surface area contributed by atoms with E-state index in [0.717, 1.165) is 5.56 Å². The molecule has 1 aliphatic heterocycles. The van der Waals surface area contributed by atoms with Gasteiger partial charge in [-0.05, 0) is 94.5 Å². The summed E-state index contributed by atoms with van der Waals surface area (Å²) in [5.74, 6) is -4.99. The third kappa shape index (κ3) is 16.3. The van der Waals surface area contributed by atoms with Gasteiger partial charge < -0.3 is 52.2 Å². The maximum absolute atomic E-state index is 14.6. The predicted octanol–water partition coefficient (Wildman–Crippen LogP) is 2.53. The Kier molecular flexibility index (Phi) is 19.0. The van der Waals surface area contributed by atoms with E-state index < -0.39 is 89.4 Å². The van der Waals surface area contributed by atoms with Gasteiger partial charge in [0.05, 0.1) is 0 Å². The first-order valence-electron chi connectivity index (χ1n) is 20.9. The third-order valence-electron chi connectivity index (χ3n) is 10.0. The summed E-state index contributed by atoms with van der Waals surface area (Å²) in [7, 11) is 0. The SMILES string of the molecule is CC(C)C[C@H](NC(=O)[C@H](CCCN)NC(=O)OC(C)(C)C)C(=O)N[C@H](Cc1ccccc1)C(=O)N1CCC[C@H]1C(=O)N[C@H](Cc1ccc(O)cc1)C(=O)N[C@H](C(=O)O)C(C)C. The first kappa shape index (κ1) is 49.7. The molecule has 9 N–H and O–H groups in total. The molecule has 1 saturated heterocycles. The second-order valence-electron chi connectivity index (χ2n) is 17.3. The van der Waals surface area contributed by atoms with Gasteiger partial charge in [0.15, 0.2) is 0 Å². The number of aliphatic carboxylic acids is 1. The largest absolute Gasteiger partial charge is 0.508 e. The molecule has 336 valence electrons. The molecule has 0 aromatic heterocycles. The molecule has 61 heavy (non-hydrogen) atoms. The lowest BCUT2D eigenvalue weighted by molar-refractivity contribution is -0.144. The Hall–Kier alpha value is -5.71. The molecule has 0 unspecified atom stereocenters. The average molecular weight is 852 g/mol. The fourth-order valence-electron chi connectivity index (χ4n) is 6.95. The summed E-state index contributed by atoms with van der Waals surface area (Å²) in [4.78, 5) is 96.2. The van der Waals surface area contributed by atoms with Crippen LogP contribution in [0.1, 0.15) is 91.7 Å². The van der Waals surface area contributed by atoms with E-state index in [2.05, 4.69) is 26.6 Å². The van der Waals surface area contributed by atoms with Crippen molar-refractivity contribution in [1.29, 1.82) is 0 Å². The summed E-state index contributed by atoms with van der Waals surface area (Å²) in [5.41, 5.74) is 6.19. The lowest BCUT2D eigenvalue weighted by atomic mass is 9.99. The van der Waals surface area contributed by atoms with Crippen LogP contribution in [-0.2, 0) is 46.3 Å². The highest BCUT2D eigenvalue weighted by Gasteiger charge is 2.40. The van der Waals surface area contributed by atoms with Gasteiger partial charge in [-0.2, -0.15) is 0 Å². The summed E-state index contributed by atoms with van der Waals surface area (Å²) in [6.45, 7) is 12.5. The molecule has 2 aromatic rings. The van der Waals surface area contributed by atoms with Crippen LogP contribution >= 0.6 is 0 Å². The summed E-state index contributed by atoms with van der Waals surface area (Å²) in [6.07, 6.45) is 0.672. The molecule has 17 nitrogen and oxygen atoms in total. The molecule has 0 radical (unpaired) electrons. The van der Waals surface area contributed by atoms with E-state index in [1.54, 1.807) is 71.0 Å². The number of benzene rings is 2. The number of rotatable bonds is 21. The van der Waals surface area contributed by atoms with E-state index in [1.165, 1.54) is 17.0 Å². The average Bonchev–Trinajstić information content (AvgIpc) is 3.68. The Bertz CT molecular complexity index is 1800. The minimum absolute atomic E-state index is 0.00314. The van der Waals surface area contributed by atoms with Crippen LogP contribution in [0, 0.1) is 11.8 Å². The van der Waals surface area contributed by atoms with Crippen LogP contribution in [0.3, 0.4) is 0 Å². The number of likely N-dealkylation sites (tertiary alicyclic amines) is 1. The normalized spacial score (nSPS) is 16.4. The predicted molar refractivity (Wildman–Crippen MR) is 228 cm³/mol. The number of carbonyl (C=O) groups is 7. The molecular formula is C44H65N7O10. The molecule has 6 atom stereocenters. The first-order chi connectivity index (χ1) is 28.7. The van der Waals surface area contributed by atoms with Gasteiger partial charge in [0.1, 0.15) is 47.6 Å². The molecule has 0 spiro atoms. The third-order valence-corrected chi connectivity index (χ3v) is 10.0. The lowest BCUT2D eigenvalue weighted by Crippen LogP contribution is -2.60. The van der Waals surface area contributed by atoms with Gasteiger partial charge in [0.25, 0.3) is 0 Å². The summed E-state index contributed by atoms with van der Waals surface area (Å²) in [5, 5.41) is 33.0. The second-order valence-corrected chi connectivity index (χ2v) is 17.3. The number of nitrogens with one attached hydrogen (secondary N) is 5. The first-order valence-corrected chi connectivity index (χ1v) is 20.9. The van der Waals surface area contributed by atoms with Gasteiger partial charge in [0, 0.05) is 19.4 Å². The lowest BCUT2D eigenvalue weighted by Gasteiger charge is -2.31. The van der Waals surface area contributed by atoms with Crippen LogP contribution in [0.2, 0.25) is 0 Å². The molecule has 1 heterocycles. The molecule has 17 heteroatoms. The Morgan fingerprint density at radius 1 is 0.770 bits per heavy atom. The highest BCUT2D eigenvalue weighted by Crippen LogP contribution is 2.21. The van der Waals surface area contributed by atoms with E-state index in [0.29, 0.717) is 18.4 Å². The standard InChI is InChI=1S/C44H65N7O10/c1-26(2)23-32(46-37(53)31(15-11-21-45)49-43(60)61-44(5,6)7)38(54)48-34(25-28-13-9-8-10-14-28)41(57)51-22-12-16-35(51)40(56)47-33(24-29-17-19-30(52)20-18-29)39(55)50-36(27(3)4)42(58)59/h8-10,13-14,17-20,26-27,31-36,52H,11-12,15-16,21-25,45H2,1-7H3,(H,46,53)(H,47,56)(H,48,54)(H,49,60)(H,50,55)(H,58,59)/t31-,32-,33+,34+,35-,36-/m0/s1. The number of ether oxygens (including phenoxy) is 1. The molecule has 3 rings (SSSR count). The van der Waals surface area contributed by atoms with Crippen LogP contribution < -0.4 is 32.3 Å². The number of alkyl carbamates (subject to hydrolysis) is 1. The van der Waals surface area contributed by atoms with Gasteiger partial charge in [0.2, 0.25) is 29.5 Å². The van der Waals surface area contributed by atoms with Crippen molar-refractivity contribution in [3.8, 4) is 5.75 Å². The fourth-order valence-corrected chi connectivity index (χ4v) is 6.95. The van der Waals surface area contributed by atoms with Crippen LogP contribution in [0.4, 0.5) is 4.79 Å². The van der Waals surface area contributed by atoms with Crippen molar-refractivity contribution >= 4 is 41.6 Å². The second kappa shape index (κ2) is 23.3. The monoisotopic (exact) mass is 851 g/mol. The summed E-state index contributed by atoms with van der Waals surface area (Å²) in [6, 6.07) is 8.13. The van der Waals surface area contributed by atoms with Crippen LogP contribution in [0.25, 0.3) is 0 Å². The number of carboxylic acids is 1. The minimum atomic E-state index is -1.24. The zero-order chi connectivity index (χ0) is 45.4. The Balaban J connectivity index is 1.90. The number of hydrogen-bond donors (Lipinski definition) is 8. The summed E-state index contributed by atoms with van der Waals surface area (Å²) >= 11 is 0. The smallest absolute Gasteiger partial charge is 0.408 e. The minimum Gasteiger partial charge on any atom is -0.508 e. The molecule has 0 bridgehead atoms. The number of aromatic hydroxyl groups is 1. The van der Waals surface area contributed by atoms with E-state index in [9.17, 15) is 43.8 Å². The zero-order valence-corrected chi connectivity index (χ0v) is 36.4. The Labute approximate surface area is 358 Å². The highest BCUT2D eigenvalue weighted by molar-refractivity contribution is 5.97.